The lowest BCUT2D eigenvalue weighted by Gasteiger charge is -2.47. The molecule has 0 spiro atoms. The van der Waals surface area contributed by atoms with Crippen LogP contribution in [0.4, 0.5) is 34.1 Å². The van der Waals surface area contributed by atoms with Crippen LogP contribution in [0.1, 0.15) is 88.6 Å². The Hall–Kier alpha value is -14.6. The van der Waals surface area contributed by atoms with Crippen molar-refractivity contribution in [2.45, 2.75) is 78.6 Å². The molecule has 19 aromatic rings. The quantitative estimate of drug-likeness (QED) is 0.101. The Bertz CT molecular complexity index is 7510. The van der Waals surface area contributed by atoms with Crippen LogP contribution in [0.5, 0.6) is 0 Å². The minimum atomic E-state index is -0.562. The van der Waals surface area contributed by atoms with E-state index < -0.39 is 29.6 Å². The fourth-order valence-electron chi connectivity index (χ4n) is 18.7. The Morgan fingerprint density at radius 1 is 0.234 bits per heavy atom. The van der Waals surface area contributed by atoms with Gasteiger partial charge < -0.3 is 14.4 Å². The van der Waals surface area contributed by atoms with Gasteiger partial charge >= 0.3 is 0 Å². The zero-order valence-corrected chi connectivity index (χ0v) is 71.2. The first-order valence-electron chi connectivity index (χ1n) is 46.6. The molecule has 0 saturated heterocycles. The first-order chi connectivity index (χ1) is 63.3. The molecule has 0 amide bonds. The zero-order chi connectivity index (χ0) is 90.2. The van der Waals surface area contributed by atoms with Gasteiger partial charge in [0, 0.05) is 61.5 Å². The Labute approximate surface area is 740 Å². The molecule has 0 radical (unpaired) electrons. The van der Waals surface area contributed by atoms with E-state index in [2.05, 4.69) is 394 Å². The lowest BCUT2D eigenvalue weighted by molar-refractivity contribution is 0.590. The van der Waals surface area contributed by atoms with Crippen molar-refractivity contribution in [2.75, 3.05) is 9.80 Å². The van der Waals surface area contributed by atoms with Crippen molar-refractivity contribution < 1.29 is 9.60 Å². The third-order valence-electron chi connectivity index (χ3n) is 25.2. The molecule has 21 rings (SSSR count). The van der Waals surface area contributed by atoms with Crippen molar-refractivity contribution in [1.29, 1.82) is 0 Å². The summed E-state index contributed by atoms with van der Waals surface area (Å²) in [5.74, 6) is 0. The monoisotopic (exact) mass is 1600 g/mol. The minimum absolute atomic E-state index is 0.0584. The third kappa shape index (κ3) is 13.9. The van der Waals surface area contributed by atoms with Gasteiger partial charge in [-0.05, 0) is 240 Å². The molecule has 594 valence electrons. The molecule has 4 heteroatoms. The van der Waals surface area contributed by atoms with E-state index in [1.807, 2.05) is 59.2 Å². The maximum atomic E-state index is 11.0. The van der Waals surface area contributed by atoms with Gasteiger partial charge in [0.05, 0.1) is 32.0 Å². The lowest BCUT2D eigenvalue weighted by atomic mass is 9.33. The van der Waals surface area contributed by atoms with E-state index in [9.17, 15) is 9.60 Å². The van der Waals surface area contributed by atoms with Gasteiger partial charge in [0.15, 0.2) is 0 Å². The fourth-order valence-corrected chi connectivity index (χ4v) is 18.7. The predicted octanol–water partition coefficient (Wildman–Crippen LogP) is 31.1. The summed E-state index contributed by atoms with van der Waals surface area (Å²) in [7, 11) is 0. The molecule has 0 atom stereocenters. The summed E-state index contributed by atoms with van der Waals surface area (Å²) in [5.41, 5.74) is 33.0. The topological polar surface area (TPSA) is 11.4 Å². The van der Waals surface area contributed by atoms with Crippen LogP contribution < -0.4 is 26.2 Å². The summed E-state index contributed by atoms with van der Waals surface area (Å²) in [4.78, 5) is 5.16. The van der Waals surface area contributed by atoms with E-state index in [0.717, 1.165) is 173 Å². The molecular weight excluding hydrogens is 1490 g/mol. The van der Waals surface area contributed by atoms with Crippen LogP contribution >= 0.6 is 0 Å². The van der Waals surface area contributed by atoms with Crippen molar-refractivity contribution in [2.24, 2.45) is 0 Å². The van der Waals surface area contributed by atoms with Crippen LogP contribution in [0.3, 0.4) is 0 Å². The van der Waals surface area contributed by atoms with Gasteiger partial charge in [0.2, 0.25) is 0 Å². The highest BCUT2D eigenvalue weighted by Gasteiger charge is 2.47. The van der Waals surface area contributed by atoms with E-state index >= 15 is 0 Å². The van der Waals surface area contributed by atoms with Crippen LogP contribution in [-0.2, 0) is 16.2 Å². The molecule has 1 aromatic heterocycles. The second kappa shape index (κ2) is 30.8. The van der Waals surface area contributed by atoms with Crippen molar-refractivity contribution in [3.63, 3.8) is 0 Å². The molecule has 2 aliphatic rings. The average molecular weight is 1600 g/mol. The van der Waals surface area contributed by atoms with E-state index in [4.69, 9.17) is 0 Å². The Kier molecular flexibility index (Phi) is 17.2. The highest BCUT2D eigenvalue weighted by Crippen LogP contribution is 2.56. The number of rotatable bonds is 14. The summed E-state index contributed by atoms with van der Waals surface area (Å²) in [5, 5.41) is 0.147. The smallest absolute Gasteiger partial charge is 0.252 e. The molecule has 0 bridgehead atoms. The Morgan fingerprint density at radius 2 is 0.565 bits per heavy atom. The first kappa shape index (κ1) is 69.1. The molecule has 0 fully saturated rings. The van der Waals surface area contributed by atoms with Crippen molar-refractivity contribution in [3.05, 3.63) is 435 Å². The highest BCUT2D eigenvalue weighted by molar-refractivity contribution is 7.00. The van der Waals surface area contributed by atoms with Gasteiger partial charge in [0.25, 0.3) is 6.71 Å². The molecule has 0 saturated carbocycles. The van der Waals surface area contributed by atoms with Gasteiger partial charge in [-0.2, -0.15) is 0 Å². The largest absolute Gasteiger partial charge is 0.310 e. The zero-order valence-electron chi connectivity index (χ0n) is 78.2. The molecule has 0 N–H and O–H groups in total. The van der Waals surface area contributed by atoms with E-state index in [1.54, 1.807) is 0 Å². The lowest BCUT2D eigenvalue weighted by Crippen LogP contribution is -2.61. The molecule has 124 heavy (non-hydrogen) atoms. The van der Waals surface area contributed by atoms with Gasteiger partial charge in [-0.1, -0.05) is 390 Å². The SMILES string of the molecule is [2H]c1c([2H])c([2H])c2c(c1[2H])c1c([2H])c([2H])c(-c3cccc(-c4ccccc4)c3)c([2H])c1n2-c1ccc2c(c1)N(c1c(-c3ccc(-c4ccccc4)cc3)cc(C(C)(C)C)cc1-c1ccc(-c3ccccc3)cc1)c1cc(C(C)(C)C)cc3c1B2c1cc(-c2cc(-c4ccccc4)cc(-c4ccccc4)c2)ccc1N3c1c(-c2ccccc2)cc(C(C)(C)C)cc1-c1ccccc1. The van der Waals surface area contributed by atoms with Crippen molar-refractivity contribution >= 4 is 79.0 Å². The second-order valence-electron chi connectivity index (χ2n) is 36.3. The van der Waals surface area contributed by atoms with Crippen LogP contribution in [-0.4, -0.2) is 11.3 Å². The van der Waals surface area contributed by atoms with Gasteiger partial charge in [0.1, 0.15) is 0 Å². The molecule has 18 aromatic carbocycles. The first-order valence-corrected chi connectivity index (χ1v) is 43.1. The minimum Gasteiger partial charge on any atom is -0.310 e. The van der Waals surface area contributed by atoms with Crippen LogP contribution in [0.25, 0.3) is 150 Å². The molecule has 2 aliphatic heterocycles. The number of benzene rings is 18. The highest BCUT2D eigenvalue weighted by atomic mass is 15.2. The maximum absolute atomic E-state index is 11.0. The summed E-state index contributed by atoms with van der Waals surface area (Å²) < 4.78 is 72.9. The number of fused-ring (bicyclic) bond motifs is 7. The van der Waals surface area contributed by atoms with Gasteiger partial charge in [-0.25, -0.2) is 0 Å². The number of para-hydroxylation sites is 1. The second-order valence-corrected chi connectivity index (χ2v) is 36.3. The van der Waals surface area contributed by atoms with Crippen molar-refractivity contribution in [3.8, 4) is 128 Å². The number of nitrogens with zero attached hydrogens (tertiary/aromatic N) is 3. The summed E-state index contributed by atoms with van der Waals surface area (Å²) in [6, 6.07) is 133. The molecule has 0 aliphatic carbocycles. The van der Waals surface area contributed by atoms with Crippen molar-refractivity contribution in [1.82, 2.24) is 4.57 Å². The molecule has 3 nitrogen and oxygen atoms in total. The Balaban J connectivity index is 0.951. The normalized spacial score (nSPS) is 13.3. The van der Waals surface area contributed by atoms with Crippen LogP contribution in [0.2, 0.25) is 0 Å². The number of hydrogen-bond donors (Lipinski definition) is 0. The number of aromatic nitrogens is 1. The third-order valence-corrected chi connectivity index (χ3v) is 25.2. The number of anilines is 6. The molecule has 3 heterocycles. The Morgan fingerprint density at radius 3 is 1.02 bits per heavy atom. The van der Waals surface area contributed by atoms with Gasteiger partial charge in [-0.3, -0.25) is 0 Å². The predicted molar refractivity (Wildman–Crippen MR) is 531 cm³/mol. The summed E-state index contributed by atoms with van der Waals surface area (Å²) >= 11 is 0. The fraction of sp³-hybridized carbons (Fsp3) is 0.100. The standard InChI is InChI=1S/C120H96BN3/c1-118(2,3)97-72-103(86-44-27-15-28-45-86)116(104(73-97)87-46-29-16-30-47-87)123-110-65-61-92(96-68-94(82-40-23-13-24-41-82)67-95(69-96)83-42-25-14-26-43-83)70-108(110)121-107-64-62-100(122-109-51-32-31-50-101(109)102-63-60-93(71-111(102)122)91-49-33-48-90(66-91)81-38-21-12-22-39-81)78-112(107)124(114-77-99(120(7,8)9)76-113(123)115(114)121)117-105(88-56-52-84(53-57-88)79-34-17-10-18-35-79)74-98(119(4,5)6)75-106(117)89-58-54-85(55-59-89)80-36-19-11-20-37-80/h10-78H,1-9H3/i31D,32D,50D,51D,60D,63D,71D. The van der Waals surface area contributed by atoms with E-state index in [0.29, 0.717) is 11.3 Å². The molecule has 0 unspecified atom stereocenters. The molecular formula is C120H96BN3. The maximum Gasteiger partial charge on any atom is 0.252 e. The average Bonchev–Trinajstić information content (AvgIpc) is 1.40. The van der Waals surface area contributed by atoms with Crippen LogP contribution in [0.15, 0.2) is 418 Å². The summed E-state index contributed by atoms with van der Waals surface area (Å²) in [6.07, 6.45) is 0. The number of hydrogen-bond acceptors (Lipinski definition) is 2. The summed E-state index contributed by atoms with van der Waals surface area (Å²) in [6.45, 7) is 20.2. The van der Waals surface area contributed by atoms with E-state index in [-0.39, 0.29) is 63.0 Å². The van der Waals surface area contributed by atoms with Gasteiger partial charge in [-0.15, -0.1) is 0 Å². The van der Waals surface area contributed by atoms with E-state index in [1.165, 1.54) is 5.56 Å². The van der Waals surface area contributed by atoms with Crippen LogP contribution in [0, 0.1) is 0 Å².